The SMILES string of the molecule is O=C(NCc1ccc(Cn2cccn2)cc1)NCC1CC1. The quantitative estimate of drug-likeness (QED) is 0.854. The number of rotatable bonds is 6. The van der Waals surface area contributed by atoms with Crippen LogP contribution in [0.25, 0.3) is 0 Å². The van der Waals surface area contributed by atoms with Gasteiger partial charge in [0.2, 0.25) is 0 Å². The second kappa shape index (κ2) is 6.43. The van der Waals surface area contributed by atoms with Gasteiger partial charge in [0, 0.05) is 25.5 Å². The molecular weight excluding hydrogens is 264 g/mol. The van der Waals surface area contributed by atoms with E-state index in [4.69, 9.17) is 0 Å². The van der Waals surface area contributed by atoms with Crippen LogP contribution in [0, 0.1) is 5.92 Å². The minimum atomic E-state index is -0.0810. The number of carbonyl (C=O) groups excluding carboxylic acids is 1. The molecule has 0 unspecified atom stereocenters. The molecule has 0 spiro atoms. The van der Waals surface area contributed by atoms with Crippen molar-refractivity contribution in [1.82, 2.24) is 20.4 Å². The van der Waals surface area contributed by atoms with Gasteiger partial charge in [0.25, 0.3) is 0 Å². The van der Waals surface area contributed by atoms with Gasteiger partial charge in [-0.3, -0.25) is 4.68 Å². The lowest BCUT2D eigenvalue weighted by molar-refractivity contribution is 0.240. The zero-order valence-corrected chi connectivity index (χ0v) is 12.0. The van der Waals surface area contributed by atoms with E-state index in [1.165, 1.54) is 18.4 Å². The topological polar surface area (TPSA) is 59.0 Å². The largest absolute Gasteiger partial charge is 0.338 e. The number of hydrogen-bond donors (Lipinski definition) is 2. The molecule has 1 fully saturated rings. The molecule has 1 aromatic heterocycles. The van der Waals surface area contributed by atoms with Gasteiger partial charge in [-0.15, -0.1) is 0 Å². The molecule has 21 heavy (non-hydrogen) atoms. The summed E-state index contributed by atoms with van der Waals surface area (Å²) in [7, 11) is 0. The first kappa shape index (κ1) is 13.7. The summed E-state index contributed by atoms with van der Waals surface area (Å²) >= 11 is 0. The van der Waals surface area contributed by atoms with Crippen molar-refractivity contribution in [3.8, 4) is 0 Å². The molecule has 1 aromatic carbocycles. The van der Waals surface area contributed by atoms with Gasteiger partial charge in [0.1, 0.15) is 0 Å². The number of benzene rings is 1. The Morgan fingerprint density at radius 3 is 2.62 bits per heavy atom. The summed E-state index contributed by atoms with van der Waals surface area (Å²) in [5.41, 5.74) is 2.29. The van der Waals surface area contributed by atoms with Crippen molar-refractivity contribution >= 4 is 6.03 Å². The molecule has 1 aliphatic carbocycles. The third-order valence-electron chi connectivity index (χ3n) is 3.63. The Morgan fingerprint density at radius 1 is 1.19 bits per heavy atom. The molecule has 110 valence electrons. The van der Waals surface area contributed by atoms with E-state index < -0.39 is 0 Å². The molecule has 0 bridgehead atoms. The molecule has 3 rings (SSSR count). The third-order valence-corrected chi connectivity index (χ3v) is 3.63. The first-order chi connectivity index (χ1) is 10.3. The van der Waals surface area contributed by atoms with Gasteiger partial charge in [-0.1, -0.05) is 24.3 Å². The zero-order valence-electron chi connectivity index (χ0n) is 12.0. The maximum atomic E-state index is 11.6. The van der Waals surface area contributed by atoms with Crippen LogP contribution in [0.3, 0.4) is 0 Å². The second-order valence-corrected chi connectivity index (χ2v) is 5.53. The van der Waals surface area contributed by atoms with Crippen molar-refractivity contribution in [2.24, 2.45) is 5.92 Å². The number of urea groups is 1. The first-order valence-corrected chi connectivity index (χ1v) is 7.36. The highest BCUT2D eigenvalue weighted by Crippen LogP contribution is 2.27. The van der Waals surface area contributed by atoms with Crippen molar-refractivity contribution < 1.29 is 4.79 Å². The summed E-state index contributed by atoms with van der Waals surface area (Å²) in [6.07, 6.45) is 6.22. The molecule has 5 heteroatoms. The van der Waals surface area contributed by atoms with Crippen LogP contribution < -0.4 is 10.6 Å². The van der Waals surface area contributed by atoms with E-state index in [1.54, 1.807) is 6.20 Å². The fraction of sp³-hybridized carbons (Fsp3) is 0.375. The van der Waals surface area contributed by atoms with Gasteiger partial charge in [0.15, 0.2) is 0 Å². The number of carbonyl (C=O) groups is 1. The van der Waals surface area contributed by atoms with Crippen molar-refractivity contribution in [3.63, 3.8) is 0 Å². The number of nitrogens with zero attached hydrogens (tertiary/aromatic N) is 2. The van der Waals surface area contributed by atoms with E-state index in [-0.39, 0.29) is 6.03 Å². The molecule has 2 aromatic rings. The van der Waals surface area contributed by atoms with Gasteiger partial charge in [-0.25, -0.2) is 4.79 Å². The minimum absolute atomic E-state index is 0.0810. The van der Waals surface area contributed by atoms with E-state index >= 15 is 0 Å². The lowest BCUT2D eigenvalue weighted by Crippen LogP contribution is -2.36. The molecule has 5 nitrogen and oxygen atoms in total. The Labute approximate surface area is 124 Å². The fourth-order valence-corrected chi connectivity index (χ4v) is 2.15. The van der Waals surface area contributed by atoms with Crippen LogP contribution in [-0.4, -0.2) is 22.4 Å². The van der Waals surface area contributed by atoms with E-state index in [0.29, 0.717) is 12.5 Å². The number of hydrogen-bond acceptors (Lipinski definition) is 2. The van der Waals surface area contributed by atoms with Gasteiger partial charge in [0.05, 0.1) is 6.54 Å². The van der Waals surface area contributed by atoms with Crippen molar-refractivity contribution in [2.45, 2.75) is 25.9 Å². The molecule has 0 atom stereocenters. The van der Waals surface area contributed by atoms with Crippen LogP contribution in [0.2, 0.25) is 0 Å². The van der Waals surface area contributed by atoms with Crippen LogP contribution in [0.15, 0.2) is 42.7 Å². The summed E-state index contributed by atoms with van der Waals surface area (Å²) in [6, 6.07) is 10.1. The lowest BCUT2D eigenvalue weighted by atomic mass is 10.1. The zero-order chi connectivity index (χ0) is 14.5. The molecule has 1 aliphatic rings. The van der Waals surface area contributed by atoms with Gasteiger partial charge >= 0.3 is 6.03 Å². The minimum Gasteiger partial charge on any atom is -0.338 e. The Bertz CT molecular complexity index is 573. The monoisotopic (exact) mass is 284 g/mol. The van der Waals surface area contributed by atoms with Gasteiger partial charge in [-0.05, 0) is 36.0 Å². The normalized spacial score (nSPS) is 13.9. The predicted octanol–water partition coefficient (Wildman–Crippen LogP) is 2.14. The summed E-state index contributed by atoms with van der Waals surface area (Å²) in [5.74, 6) is 0.706. The highest BCUT2D eigenvalue weighted by molar-refractivity contribution is 5.73. The average molecular weight is 284 g/mol. The Balaban J connectivity index is 1.44. The van der Waals surface area contributed by atoms with Crippen molar-refractivity contribution in [2.75, 3.05) is 6.54 Å². The maximum Gasteiger partial charge on any atom is 0.315 e. The molecule has 2 N–H and O–H groups in total. The summed E-state index contributed by atoms with van der Waals surface area (Å²) in [5, 5.41) is 9.96. The van der Waals surface area contributed by atoms with Crippen LogP contribution in [0.5, 0.6) is 0 Å². The molecule has 2 amide bonds. The Hall–Kier alpha value is -2.30. The number of nitrogens with one attached hydrogen (secondary N) is 2. The Morgan fingerprint density at radius 2 is 1.95 bits per heavy atom. The number of aromatic nitrogens is 2. The van der Waals surface area contributed by atoms with Crippen LogP contribution in [0.4, 0.5) is 4.79 Å². The average Bonchev–Trinajstić information content (AvgIpc) is 3.20. The summed E-state index contributed by atoms with van der Waals surface area (Å²) in [6.45, 7) is 2.12. The molecule has 1 heterocycles. The highest BCUT2D eigenvalue weighted by atomic mass is 16.2. The van der Waals surface area contributed by atoms with Gasteiger partial charge < -0.3 is 10.6 Å². The number of amides is 2. The van der Waals surface area contributed by atoms with Crippen LogP contribution >= 0.6 is 0 Å². The maximum absolute atomic E-state index is 11.6. The molecular formula is C16H20N4O. The molecule has 0 radical (unpaired) electrons. The van der Waals surface area contributed by atoms with E-state index in [0.717, 1.165) is 18.7 Å². The molecule has 1 saturated carbocycles. The van der Waals surface area contributed by atoms with Crippen LogP contribution in [0.1, 0.15) is 24.0 Å². The van der Waals surface area contributed by atoms with E-state index in [1.807, 2.05) is 29.1 Å². The molecule has 0 saturated heterocycles. The fourth-order valence-electron chi connectivity index (χ4n) is 2.15. The molecule has 0 aliphatic heterocycles. The third kappa shape index (κ3) is 4.34. The summed E-state index contributed by atoms with van der Waals surface area (Å²) in [4.78, 5) is 11.6. The highest BCUT2D eigenvalue weighted by Gasteiger charge is 2.21. The smallest absolute Gasteiger partial charge is 0.315 e. The second-order valence-electron chi connectivity index (χ2n) is 5.53. The standard InChI is InChI=1S/C16H20N4O/c21-16(17-10-13-2-3-13)18-11-14-4-6-15(7-5-14)12-20-9-1-8-19-20/h1,4-9,13H,2-3,10-12H2,(H2,17,18,21). The van der Waals surface area contributed by atoms with E-state index in [2.05, 4.69) is 27.9 Å². The lowest BCUT2D eigenvalue weighted by Gasteiger charge is -2.08. The summed E-state index contributed by atoms with van der Waals surface area (Å²) < 4.78 is 1.89. The van der Waals surface area contributed by atoms with Gasteiger partial charge in [-0.2, -0.15) is 5.10 Å². The van der Waals surface area contributed by atoms with Crippen molar-refractivity contribution in [3.05, 3.63) is 53.9 Å². The predicted molar refractivity (Wildman–Crippen MR) is 80.7 cm³/mol. The van der Waals surface area contributed by atoms with Crippen LogP contribution in [-0.2, 0) is 13.1 Å². The van der Waals surface area contributed by atoms with Crippen molar-refractivity contribution in [1.29, 1.82) is 0 Å². The first-order valence-electron chi connectivity index (χ1n) is 7.36. The van der Waals surface area contributed by atoms with E-state index in [9.17, 15) is 4.79 Å². The Kier molecular flexibility index (Phi) is 4.19.